The van der Waals surface area contributed by atoms with Crippen LogP contribution in [0.2, 0.25) is 0 Å². The van der Waals surface area contributed by atoms with Gasteiger partial charge in [-0.15, -0.1) is 5.10 Å². The van der Waals surface area contributed by atoms with E-state index in [4.69, 9.17) is 12.2 Å². The molecule has 0 aliphatic heterocycles. The van der Waals surface area contributed by atoms with E-state index >= 15 is 0 Å². The third-order valence-corrected chi connectivity index (χ3v) is 4.97. The van der Waals surface area contributed by atoms with Gasteiger partial charge in [0.2, 0.25) is 11.9 Å². The molecule has 0 atom stereocenters. The Balaban J connectivity index is 1.42. The monoisotopic (exact) mass is 419 g/mol. The molecule has 4 rings (SSSR count). The maximum absolute atomic E-state index is 12.4. The number of carbonyl (C=O) groups excluding carboxylic acids is 1. The fraction of sp³-hybridized carbons (Fsp3) is 0.190. The summed E-state index contributed by atoms with van der Waals surface area (Å²) in [5.41, 5.74) is 4.13. The molecule has 0 unspecified atom stereocenters. The third kappa shape index (κ3) is 4.36. The number of anilines is 1. The lowest BCUT2D eigenvalue weighted by molar-refractivity contribution is -0.116. The Bertz CT molecular complexity index is 1240. The van der Waals surface area contributed by atoms with Gasteiger partial charge in [0.25, 0.3) is 0 Å². The smallest absolute Gasteiger partial charge is 0.249 e. The van der Waals surface area contributed by atoms with Crippen LogP contribution in [0.15, 0.2) is 48.5 Å². The highest BCUT2D eigenvalue weighted by molar-refractivity contribution is 7.71. The van der Waals surface area contributed by atoms with Crippen LogP contribution in [0.1, 0.15) is 17.5 Å². The lowest BCUT2D eigenvalue weighted by Gasteiger charge is -2.07. The molecule has 2 aromatic carbocycles. The SMILES string of the molecule is Cc1ccc(-c2nc(NC(=O)CCn3c(-c4cccc(C)c4)n[nH]c3=S)n[nH]2)cc1. The van der Waals surface area contributed by atoms with Gasteiger partial charge < -0.3 is 0 Å². The van der Waals surface area contributed by atoms with E-state index in [0.717, 1.165) is 22.3 Å². The first kappa shape index (κ1) is 19.7. The summed E-state index contributed by atoms with van der Waals surface area (Å²) in [4.78, 5) is 16.8. The van der Waals surface area contributed by atoms with Crippen LogP contribution in [-0.2, 0) is 11.3 Å². The molecule has 8 nitrogen and oxygen atoms in total. The second-order valence-corrected chi connectivity index (χ2v) is 7.43. The molecular weight excluding hydrogens is 398 g/mol. The molecule has 0 saturated heterocycles. The first-order valence-electron chi connectivity index (χ1n) is 9.51. The number of amides is 1. The maximum atomic E-state index is 12.4. The van der Waals surface area contributed by atoms with Crippen LogP contribution >= 0.6 is 12.2 Å². The summed E-state index contributed by atoms with van der Waals surface area (Å²) >= 11 is 5.34. The Hall–Kier alpha value is -3.59. The van der Waals surface area contributed by atoms with Gasteiger partial charge in [-0.3, -0.25) is 24.9 Å². The zero-order valence-corrected chi connectivity index (χ0v) is 17.5. The Morgan fingerprint density at radius 3 is 2.60 bits per heavy atom. The van der Waals surface area contributed by atoms with Crippen LogP contribution in [0.3, 0.4) is 0 Å². The van der Waals surface area contributed by atoms with Crippen molar-refractivity contribution < 1.29 is 4.79 Å². The van der Waals surface area contributed by atoms with Crippen LogP contribution < -0.4 is 5.32 Å². The molecule has 0 saturated carbocycles. The average Bonchev–Trinajstić information content (AvgIpc) is 3.33. The lowest BCUT2D eigenvalue weighted by Crippen LogP contribution is -2.16. The number of rotatable bonds is 6. The molecular formula is C21H21N7OS. The first-order chi connectivity index (χ1) is 14.5. The molecule has 2 aromatic heterocycles. The molecule has 9 heteroatoms. The maximum Gasteiger partial charge on any atom is 0.249 e. The van der Waals surface area contributed by atoms with Gasteiger partial charge in [0.15, 0.2) is 16.4 Å². The summed E-state index contributed by atoms with van der Waals surface area (Å²) in [5, 5.41) is 16.8. The average molecular weight is 420 g/mol. The molecule has 0 aliphatic carbocycles. The predicted octanol–water partition coefficient (Wildman–Crippen LogP) is 4.04. The molecule has 0 spiro atoms. The van der Waals surface area contributed by atoms with Gasteiger partial charge >= 0.3 is 0 Å². The number of nitrogens with one attached hydrogen (secondary N) is 3. The predicted molar refractivity (Wildman–Crippen MR) is 117 cm³/mol. The molecule has 4 aromatic rings. The van der Waals surface area contributed by atoms with E-state index in [1.54, 1.807) is 0 Å². The van der Waals surface area contributed by atoms with Crippen molar-refractivity contribution in [3.63, 3.8) is 0 Å². The summed E-state index contributed by atoms with van der Waals surface area (Å²) < 4.78 is 2.29. The second-order valence-electron chi connectivity index (χ2n) is 7.05. The Morgan fingerprint density at radius 2 is 1.83 bits per heavy atom. The highest BCUT2D eigenvalue weighted by Crippen LogP contribution is 2.19. The highest BCUT2D eigenvalue weighted by Gasteiger charge is 2.13. The van der Waals surface area contributed by atoms with Crippen molar-refractivity contribution in [2.45, 2.75) is 26.8 Å². The Kier molecular flexibility index (Phi) is 5.53. The second kappa shape index (κ2) is 8.42. The summed E-state index contributed by atoms with van der Waals surface area (Å²) in [5.74, 6) is 1.34. The van der Waals surface area contributed by atoms with Crippen LogP contribution in [0.4, 0.5) is 5.95 Å². The number of aromatic amines is 2. The van der Waals surface area contributed by atoms with Gasteiger partial charge in [-0.1, -0.05) is 53.6 Å². The van der Waals surface area contributed by atoms with Gasteiger partial charge in [0, 0.05) is 24.1 Å². The molecule has 3 N–H and O–H groups in total. The number of carbonyl (C=O) groups is 1. The number of benzene rings is 2. The van der Waals surface area contributed by atoms with E-state index in [1.807, 2.05) is 66.9 Å². The number of aryl methyl sites for hydroxylation is 2. The lowest BCUT2D eigenvalue weighted by atomic mass is 10.1. The topological polar surface area (TPSA) is 104 Å². The van der Waals surface area contributed by atoms with Gasteiger partial charge in [-0.2, -0.15) is 10.1 Å². The van der Waals surface area contributed by atoms with Crippen molar-refractivity contribution in [2.75, 3.05) is 5.32 Å². The molecule has 1 amide bonds. The minimum absolute atomic E-state index is 0.206. The van der Waals surface area contributed by atoms with Crippen molar-refractivity contribution in [2.24, 2.45) is 0 Å². The molecule has 0 fully saturated rings. The molecule has 0 aliphatic rings. The summed E-state index contributed by atoms with van der Waals surface area (Å²) in [7, 11) is 0. The fourth-order valence-electron chi connectivity index (χ4n) is 3.09. The first-order valence-corrected chi connectivity index (χ1v) is 9.92. The van der Waals surface area contributed by atoms with Crippen molar-refractivity contribution in [1.82, 2.24) is 29.9 Å². The van der Waals surface area contributed by atoms with E-state index in [-0.39, 0.29) is 18.3 Å². The minimum atomic E-state index is -0.206. The van der Waals surface area contributed by atoms with E-state index < -0.39 is 0 Å². The Labute approximate surface area is 178 Å². The van der Waals surface area contributed by atoms with E-state index in [9.17, 15) is 4.79 Å². The molecule has 0 radical (unpaired) electrons. The standard InChI is InChI=1S/C21H21N7OS/c1-13-6-8-15(9-7-13)18-23-20(26-24-18)22-17(29)10-11-28-19(25-27-21(28)30)16-5-3-4-14(2)12-16/h3-9,12H,10-11H2,1-2H3,(H,27,30)(H2,22,23,24,26,29). The van der Waals surface area contributed by atoms with Gasteiger partial charge in [0.1, 0.15) is 0 Å². The fourth-order valence-corrected chi connectivity index (χ4v) is 3.31. The van der Waals surface area contributed by atoms with Crippen molar-refractivity contribution in [1.29, 1.82) is 0 Å². The molecule has 152 valence electrons. The molecule has 2 heterocycles. The van der Waals surface area contributed by atoms with Crippen molar-refractivity contribution >= 4 is 24.1 Å². The summed E-state index contributed by atoms with van der Waals surface area (Å²) in [6, 6.07) is 15.9. The number of H-pyrrole nitrogens is 2. The quantitative estimate of drug-likeness (QED) is 0.409. The van der Waals surface area contributed by atoms with Crippen LogP contribution in [0.5, 0.6) is 0 Å². The van der Waals surface area contributed by atoms with Crippen molar-refractivity contribution in [3.05, 3.63) is 64.4 Å². The number of nitrogens with zero attached hydrogens (tertiary/aromatic N) is 4. The largest absolute Gasteiger partial charge is 0.300 e. The highest BCUT2D eigenvalue weighted by atomic mass is 32.1. The number of hydrogen-bond donors (Lipinski definition) is 3. The normalized spacial score (nSPS) is 10.9. The van der Waals surface area contributed by atoms with Gasteiger partial charge in [0.05, 0.1) is 0 Å². The van der Waals surface area contributed by atoms with E-state index in [1.165, 1.54) is 0 Å². The minimum Gasteiger partial charge on any atom is -0.300 e. The summed E-state index contributed by atoms with van der Waals surface area (Å²) in [6.45, 7) is 4.43. The van der Waals surface area contributed by atoms with Crippen LogP contribution in [0.25, 0.3) is 22.8 Å². The molecule has 30 heavy (non-hydrogen) atoms. The number of aromatic nitrogens is 6. The third-order valence-electron chi connectivity index (χ3n) is 4.66. The van der Waals surface area contributed by atoms with Gasteiger partial charge in [-0.05, 0) is 32.1 Å². The molecule has 0 bridgehead atoms. The zero-order chi connectivity index (χ0) is 21.1. The van der Waals surface area contributed by atoms with E-state index in [2.05, 4.69) is 30.7 Å². The summed E-state index contributed by atoms with van der Waals surface area (Å²) in [6.07, 6.45) is 0.209. The zero-order valence-electron chi connectivity index (χ0n) is 16.6. The van der Waals surface area contributed by atoms with Crippen molar-refractivity contribution in [3.8, 4) is 22.8 Å². The van der Waals surface area contributed by atoms with Gasteiger partial charge in [-0.25, -0.2) is 0 Å². The Morgan fingerprint density at radius 1 is 1.03 bits per heavy atom. The van der Waals surface area contributed by atoms with E-state index in [0.29, 0.717) is 23.0 Å². The van der Waals surface area contributed by atoms with Crippen LogP contribution in [-0.4, -0.2) is 35.9 Å². The van der Waals surface area contributed by atoms with Crippen LogP contribution in [0, 0.1) is 18.6 Å². The number of hydrogen-bond acceptors (Lipinski definition) is 5.